The predicted octanol–water partition coefficient (Wildman–Crippen LogP) is 3.04. The molecule has 0 fully saturated rings. The van der Waals surface area contributed by atoms with Crippen molar-refractivity contribution < 1.29 is 14.3 Å². The largest absolute Gasteiger partial charge is 0.469 e. The van der Waals surface area contributed by atoms with E-state index in [1.165, 1.54) is 7.11 Å². The van der Waals surface area contributed by atoms with E-state index < -0.39 is 0 Å². The SMILES string of the molecule is COC(=O)CCCCNC(=O)NC(C)c1ccc(Cl)cc1. The van der Waals surface area contributed by atoms with Gasteiger partial charge in [0.25, 0.3) is 0 Å². The number of hydrogen-bond donors (Lipinski definition) is 2. The van der Waals surface area contributed by atoms with Crippen LogP contribution in [0.1, 0.15) is 37.8 Å². The molecule has 0 radical (unpaired) electrons. The van der Waals surface area contributed by atoms with Crippen molar-refractivity contribution in [2.45, 2.75) is 32.2 Å². The molecule has 0 aliphatic rings. The van der Waals surface area contributed by atoms with E-state index in [0.29, 0.717) is 24.4 Å². The molecule has 21 heavy (non-hydrogen) atoms. The number of urea groups is 1. The van der Waals surface area contributed by atoms with Gasteiger partial charge in [0.15, 0.2) is 0 Å². The van der Waals surface area contributed by atoms with E-state index in [0.717, 1.165) is 12.0 Å². The molecule has 0 aliphatic carbocycles. The molecule has 6 heteroatoms. The van der Waals surface area contributed by atoms with E-state index in [-0.39, 0.29) is 18.0 Å². The number of carbonyl (C=O) groups is 2. The molecule has 116 valence electrons. The van der Waals surface area contributed by atoms with E-state index in [4.69, 9.17) is 11.6 Å². The lowest BCUT2D eigenvalue weighted by atomic mass is 10.1. The summed E-state index contributed by atoms with van der Waals surface area (Å²) < 4.78 is 4.54. The van der Waals surface area contributed by atoms with E-state index in [9.17, 15) is 9.59 Å². The molecule has 1 unspecified atom stereocenters. The highest BCUT2D eigenvalue weighted by atomic mass is 35.5. The smallest absolute Gasteiger partial charge is 0.315 e. The highest BCUT2D eigenvalue weighted by Crippen LogP contribution is 2.15. The maximum Gasteiger partial charge on any atom is 0.315 e. The average Bonchev–Trinajstić information content (AvgIpc) is 2.47. The Morgan fingerprint density at radius 1 is 1.24 bits per heavy atom. The van der Waals surface area contributed by atoms with Crippen LogP contribution in [0.5, 0.6) is 0 Å². The quantitative estimate of drug-likeness (QED) is 0.600. The monoisotopic (exact) mass is 312 g/mol. The Hall–Kier alpha value is -1.75. The summed E-state index contributed by atoms with van der Waals surface area (Å²) in [6, 6.07) is 7.01. The lowest BCUT2D eigenvalue weighted by Gasteiger charge is -2.15. The summed E-state index contributed by atoms with van der Waals surface area (Å²) in [6.07, 6.45) is 1.80. The fourth-order valence-corrected chi connectivity index (χ4v) is 1.91. The Morgan fingerprint density at radius 3 is 2.52 bits per heavy atom. The number of hydrogen-bond acceptors (Lipinski definition) is 3. The Kier molecular flexibility index (Phi) is 7.61. The first-order chi connectivity index (χ1) is 10.0. The lowest BCUT2D eigenvalue weighted by molar-refractivity contribution is -0.140. The van der Waals surface area contributed by atoms with E-state index in [1.807, 2.05) is 19.1 Å². The van der Waals surface area contributed by atoms with Crippen LogP contribution >= 0.6 is 11.6 Å². The van der Waals surface area contributed by atoms with Crippen LogP contribution < -0.4 is 10.6 Å². The molecule has 0 saturated heterocycles. The van der Waals surface area contributed by atoms with Gasteiger partial charge in [-0.25, -0.2) is 4.79 Å². The zero-order valence-electron chi connectivity index (χ0n) is 12.3. The highest BCUT2D eigenvalue weighted by Gasteiger charge is 2.08. The number of carbonyl (C=O) groups excluding carboxylic acids is 2. The van der Waals surface area contributed by atoms with E-state index in [2.05, 4.69) is 15.4 Å². The van der Waals surface area contributed by atoms with Crippen molar-refractivity contribution in [3.63, 3.8) is 0 Å². The molecule has 1 aromatic carbocycles. The molecule has 0 saturated carbocycles. The predicted molar refractivity (Wildman–Crippen MR) is 82.3 cm³/mol. The average molecular weight is 313 g/mol. The van der Waals surface area contributed by atoms with Crippen LogP contribution in [0.3, 0.4) is 0 Å². The summed E-state index contributed by atoms with van der Waals surface area (Å²) in [5, 5.41) is 6.27. The molecule has 1 atom stereocenters. The zero-order chi connectivity index (χ0) is 15.7. The van der Waals surface area contributed by atoms with Crippen LogP contribution in [0.2, 0.25) is 5.02 Å². The van der Waals surface area contributed by atoms with Gasteiger partial charge in [-0.3, -0.25) is 4.79 Å². The highest BCUT2D eigenvalue weighted by molar-refractivity contribution is 6.30. The number of nitrogens with one attached hydrogen (secondary N) is 2. The van der Waals surface area contributed by atoms with Gasteiger partial charge in [0, 0.05) is 18.0 Å². The number of ether oxygens (including phenoxy) is 1. The standard InChI is InChI=1S/C15H21ClN2O3/c1-11(12-6-8-13(16)9-7-12)18-15(20)17-10-4-3-5-14(19)21-2/h6-9,11H,3-5,10H2,1-2H3,(H2,17,18,20). The van der Waals surface area contributed by atoms with Gasteiger partial charge >= 0.3 is 12.0 Å². The Labute approximate surface area is 130 Å². The van der Waals surface area contributed by atoms with Crippen molar-refractivity contribution in [2.75, 3.05) is 13.7 Å². The topological polar surface area (TPSA) is 67.4 Å². The first kappa shape index (κ1) is 17.3. The van der Waals surface area contributed by atoms with Gasteiger partial charge in [0.2, 0.25) is 0 Å². The zero-order valence-corrected chi connectivity index (χ0v) is 13.1. The number of benzene rings is 1. The maximum atomic E-state index is 11.7. The maximum absolute atomic E-state index is 11.7. The fraction of sp³-hybridized carbons (Fsp3) is 0.467. The van der Waals surface area contributed by atoms with Crippen LogP contribution in [0.4, 0.5) is 4.79 Å². The normalized spacial score (nSPS) is 11.6. The van der Waals surface area contributed by atoms with Gasteiger partial charge in [-0.05, 0) is 37.5 Å². The van der Waals surface area contributed by atoms with Crippen molar-refractivity contribution >= 4 is 23.6 Å². The minimum atomic E-state index is -0.226. The second kappa shape index (κ2) is 9.23. The van der Waals surface area contributed by atoms with Gasteiger partial charge < -0.3 is 15.4 Å². The number of halogens is 1. The summed E-state index contributed by atoms with van der Waals surface area (Å²) in [7, 11) is 1.37. The van der Waals surface area contributed by atoms with Crippen LogP contribution in [0.15, 0.2) is 24.3 Å². The summed E-state index contributed by atoms with van der Waals surface area (Å²) in [4.78, 5) is 22.6. The number of methoxy groups -OCH3 is 1. The van der Waals surface area contributed by atoms with E-state index in [1.54, 1.807) is 12.1 Å². The first-order valence-electron chi connectivity index (χ1n) is 6.89. The minimum absolute atomic E-state index is 0.0997. The van der Waals surface area contributed by atoms with Crippen molar-refractivity contribution in [2.24, 2.45) is 0 Å². The van der Waals surface area contributed by atoms with Crippen LogP contribution in [0, 0.1) is 0 Å². The molecule has 2 N–H and O–H groups in total. The first-order valence-corrected chi connectivity index (χ1v) is 7.27. The van der Waals surface area contributed by atoms with Gasteiger partial charge in [0.1, 0.15) is 0 Å². The third kappa shape index (κ3) is 6.99. The number of esters is 1. The number of rotatable bonds is 7. The molecule has 0 bridgehead atoms. The Morgan fingerprint density at radius 2 is 1.90 bits per heavy atom. The fourth-order valence-electron chi connectivity index (χ4n) is 1.78. The van der Waals surface area contributed by atoms with Crippen molar-refractivity contribution in [1.29, 1.82) is 0 Å². The molecule has 0 aromatic heterocycles. The van der Waals surface area contributed by atoms with Crippen molar-refractivity contribution in [1.82, 2.24) is 10.6 Å². The lowest BCUT2D eigenvalue weighted by Crippen LogP contribution is -2.37. The molecule has 2 amide bonds. The third-order valence-corrected chi connectivity index (χ3v) is 3.29. The Bertz CT molecular complexity index is 462. The van der Waals surface area contributed by atoms with Crippen LogP contribution in [-0.2, 0) is 9.53 Å². The minimum Gasteiger partial charge on any atom is -0.469 e. The van der Waals surface area contributed by atoms with Crippen molar-refractivity contribution in [3.05, 3.63) is 34.9 Å². The van der Waals surface area contributed by atoms with Crippen LogP contribution in [-0.4, -0.2) is 25.7 Å². The number of unbranched alkanes of at least 4 members (excludes halogenated alkanes) is 1. The summed E-state index contributed by atoms with van der Waals surface area (Å²) >= 11 is 5.82. The van der Waals surface area contributed by atoms with Gasteiger partial charge in [-0.2, -0.15) is 0 Å². The summed E-state index contributed by atoms with van der Waals surface area (Å²) in [5.41, 5.74) is 0.986. The summed E-state index contributed by atoms with van der Waals surface area (Å²) in [6.45, 7) is 2.43. The van der Waals surface area contributed by atoms with Crippen LogP contribution in [0.25, 0.3) is 0 Å². The molecule has 0 spiro atoms. The van der Waals surface area contributed by atoms with Crippen molar-refractivity contribution in [3.8, 4) is 0 Å². The third-order valence-electron chi connectivity index (χ3n) is 3.04. The molecule has 0 aliphatic heterocycles. The molecular weight excluding hydrogens is 292 g/mol. The molecule has 1 aromatic rings. The van der Waals surface area contributed by atoms with Gasteiger partial charge in [-0.1, -0.05) is 23.7 Å². The second-order valence-corrected chi connectivity index (χ2v) is 5.14. The second-order valence-electron chi connectivity index (χ2n) is 4.71. The molecular formula is C15H21ClN2O3. The van der Waals surface area contributed by atoms with E-state index >= 15 is 0 Å². The van der Waals surface area contributed by atoms with Gasteiger partial charge in [-0.15, -0.1) is 0 Å². The number of amides is 2. The molecule has 0 heterocycles. The molecule has 5 nitrogen and oxygen atoms in total. The van der Waals surface area contributed by atoms with Gasteiger partial charge in [0.05, 0.1) is 13.2 Å². The Balaban J connectivity index is 2.21. The summed E-state index contributed by atoms with van der Waals surface area (Å²) in [5.74, 6) is -0.226. The molecule has 1 rings (SSSR count).